The Hall–Kier alpha value is -1.04. The fraction of sp³-hybridized carbons (Fsp3) is 0.333. The fourth-order valence-electron chi connectivity index (χ4n) is 1.54. The first-order chi connectivity index (χ1) is 8.28. The van der Waals surface area contributed by atoms with Crippen LogP contribution in [0.3, 0.4) is 0 Å². The summed E-state index contributed by atoms with van der Waals surface area (Å²) in [6, 6.07) is 4.42. The van der Waals surface area contributed by atoms with Gasteiger partial charge in [-0.1, -0.05) is 30.7 Å². The minimum atomic E-state index is -3.64. The zero-order chi connectivity index (χ0) is 13.9. The Morgan fingerprint density at radius 2 is 2.11 bits per heavy atom. The molecule has 0 saturated carbocycles. The first kappa shape index (κ1) is 15.0. The van der Waals surface area contributed by atoms with Crippen LogP contribution in [0, 0.1) is 0 Å². The summed E-state index contributed by atoms with van der Waals surface area (Å²) in [4.78, 5) is 0.0399. The number of hydrogen-bond donors (Lipinski definition) is 1. The summed E-state index contributed by atoms with van der Waals surface area (Å²) in [5.74, 6) is 0. The molecular formula is C12H17ClN2O2S. The number of rotatable bonds is 5. The summed E-state index contributed by atoms with van der Waals surface area (Å²) in [6.07, 6.45) is 0. The van der Waals surface area contributed by atoms with E-state index >= 15 is 0 Å². The van der Waals surface area contributed by atoms with E-state index in [4.69, 9.17) is 17.3 Å². The van der Waals surface area contributed by atoms with E-state index in [1.54, 1.807) is 19.9 Å². The second kappa shape index (κ2) is 5.73. The Balaban J connectivity index is 3.26. The van der Waals surface area contributed by atoms with Crippen molar-refractivity contribution in [1.29, 1.82) is 0 Å². The third-order valence-corrected chi connectivity index (χ3v) is 4.60. The maximum Gasteiger partial charge on any atom is 0.245 e. The standard InChI is InChI=1S/C12H17ClN2O2S/c1-4-15(8-9(2)3)18(16,17)12-7-10(13)5-6-11(12)14/h5-7H,2,4,8,14H2,1,3H3. The van der Waals surface area contributed by atoms with Gasteiger partial charge in [0.2, 0.25) is 10.0 Å². The molecule has 4 nitrogen and oxygen atoms in total. The van der Waals surface area contributed by atoms with Crippen LogP contribution < -0.4 is 5.73 Å². The van der Waals surface area contributed by atoms with Crippen molar-refractivity contribution in [3.63, 3.8) is 0 Å². The Morgan fingerprint density at radius 3 is 2.61 bits per heavy atom. The van der Waals surface area contributed by atoms with Crippen molar-refractivity contribution in [3.8, 4) is 0 Å². The van der Waals surface area contributed by atoms with Gasteiger partial charge in [0.15, 0.2) is 0 Å². The fourth-order valence-corrected chi connectivity index (χ4v) is 3.43. The molecule has 0 aromatic heterocycles. The van der Waals surface area contributed by atoms with E-state index in [9.17, 15) is 8.42 Å². The molecule has 100 valence electrons. The maximum absolute atomic E-state index is 12.4. The van der Waals surface area contributed by atoms with Crippen LogP contribution in [0.2, 0.25) is 5.02 Å². The van der Waals surface area contributed by atoms with Crippen molar-refractivity contribution >= 4 is 27.3 Å². The first-order valence-corrected chi connectivity index (χ1v) is 7.30. The van der Waals surface area contributed by atoms with Gasteiger partial charge in [-0.2, -0.15) is 4.31 Å². The molecule has 0 fully saturated rings. The van der Waals surface area contributed by atoms with Crippen LogP contribution in [0.4, 0.5) is 5.69 Å². The quantitative estimate of drug-likeness (QED) is 0.669. The molecule has 0 aliphatic heterocycles. The number of benzene rings is 1. The number of sulfonamides is 1. The topological polar surface area (TPSA) is 63.4 Å². The van der Waals surface area contributed by atoms with E-state index < -0.39 is 10.0 Å². The van der Waals surface area contributed by atoms with E-state index in [0.717, 1.165) is 5.57 Å². The summed E-state index contributed by atoms with van der Waals surface area (Å²) in [5, 5.41) is 0.342. The Morgan fingerprint density at radius 1 is 1.50 bits per heavy atom. The second-order valence-corrected chi connectivity index (χ2v) is 6.41. The smallest absolute Gasteiger partial charge is 0.245 e. The van der Waals surface area contributed by atoms with Crippen LogP contribution in [-0.4, -0.2) is 25.8 Å². The predicted octanol–water partition coefficient (Wildman–Crippen LogP) is 2.51. The van der Waals surface area contributed by atoms with Gasteiger partial charge in [-0.15, -0.1) is 0 Å². The first-order valence-electron chi connectivity index (χ1n) is 5.48. The highest BCUT2D eigenvalue weighted by atomic mass is 35.5. The lowest BCUT2D eigenvalue weighted by Crippen LogP contribution is -2.32. The predicted molar refractivity (Wildman–Crippen MR) is 75.1 cm³/mol. The molecule has 0 aliphatic carbocycles. The maximum atomic E-state index is 12.4. The van der Waals surface area contributed by atoms with Gasteiger partial charge in [0.25, 0.3) is 0 Å². The van der Waals surface area contributed by atoms with Gasteiger partial charge in [-0.25, -0.2) is 8.42 Å². The molecule has 0 unspecified atom stereocenters. The lowest BCUT2D eigenvalue weighted by molar-refractivity contribution is 0.453. The van der Waals surface area contributed by atoms with Crippen molar-refractivity contribution in [3.05, 3.63) is 35.4 Å². The highest BCUT2D eigenvalue weighted by Gasteiger charge is 2.25. The Kier molecular flexibility index (Phi) is 4.78. The molecule has 1 aromatic rings. The van der Waals surface area contributed by atoms with E-state index in [1.165, 1.54) is 16.4 Å². The van der Waals surface area contributed by atoms with Crippen molar-refractivity contribution in [2.24, 2.45) is 0 Å². The zero-order valence-electron chi connectivity index (χ0n) is 10.5. The molecule has 6 heteroatoms. The lowest BCUT2D eigenvalue weighted by atomic mass is 10.3. The van der Waals surface area contributed by atoms with Gasteiger partial charge in [-0.05, 0) is 25.1 Å². The molecule has 0 saturated heterocycles. The van der Waals surface area contributed by atoms with Gasteiger partial charge in [-0.3, -0.25) is 0 Å². The number of hydrogen-bond acceptors (Lipinski definition) is 3. The molecule has 0 spiro atoms. The number of halogens is 1. The van der Waals surface area contributed by atoms with Crippen molar-refractivity contribution in [1.82, 2.24) is 4.31 Å². The molecule has 0 radical (unpaired) electrons. The second-order valence-electron chi connectivity index (χ2n) is 4.07. The Labute approximate surface area is 113 Å². The number of anilines is 1. The van der Waals surface area contributed by atoms with Crippen molar-refractivity contribution in [2.45, 2.75) is 18.7 Å². The van der Waals surface area contributed by atoms with Crippen LogP contribution in [0.5, 0.6) is 0 Å². The van der Waals surface area contributed by atoms with E-state index in [2.05, 4.69) is 6.58 Å². The van der Waals surface area contributed by atoms with Gasteiger partial charge in [0.05, 0.1) is 5.69 Å². The summed E-state index contributed by atoms with van der Waals surface area (Å²) >= 11 is 5.82. The van der Waals surface area contributed by atoms with Crippen LogP contribution in [0.15, 0.2) is 35.2 Å². The molecule has 18 heavy (non-hydrogen) atoms. The molecule has 0 atom stereocenters. The largest absolute Gasteiger partial charge is 0.398 e. The average molecular weight is 289 g/mol. The number of nitrogen functional groups attached to an aromatic ring is 1. The normalized spacial score (nSPS) is 11.8. The minimum absolute atomic E-state index is 0.0399. The van der Waals surface area contributed by atoms with Crippen molar-refractivity contribution < 1.29 is 8.42 Å². The van der Waals surface area contributed by atoms with Gasteiger partial charge in [0, 0.05) is 18.1 Å². The van der Waals surface area contributed by atoms with Gasteiger partial charge >= 0.3 is 0 Å². The highest BCUT2D eigenvalue weighted by molar-refractivity contribution is 7.89. The molecule has 1 rings (SSSR count). The van der Waals surface area contributed by atoms with E-state index in [0.29, 0.717) is 11.6 Å². The van der Waals surface area contributed by atoms with E-state index in [1.807, 2.05) is 0 Å². The Bertz CT molecular complexity index is 555. The molecule has 0 heterocycles. The average Bonchev–Trinajstić information content (AvgIpc) is 2.28. The third kappa shape index (κ3) is 3.25. The number of nitrogens with zero attached hydrogens (tertiary/aromatic N) is 1. The third-order valence-electron chi connectivity index (χ3n) is 2.39. The molecular weight excluding hydrogens is 272 g/mol. The molecule has 2 N–H and O–H groups in total. The summed E-state index contributed by atoms with van der Waals surface area (Å²) in [6.45, 7) is 7.89. The van der Waals surface area contributed by atoms with Crippen LogP contribution >= 0.6 is 11.6 Å². The summed E-state index contributed by atoms with van der Waals surface area (Å²) < 4.78 is 26.2. The number of nitrogens with two attached hydrogens (primary N) is 1. The van der Waals surface area contributed by atoms with Crippen LogP contribution in [-0.2, 0) is 10.0 Å². The van der Waals surface area contributed by atoms with E-state index in [-0.39, 0.29) is 17.1 Å². The monoisotopic (exact) mass is 288 g/mol. The SMILES string of the molecule is C=C(C)CN(CC)S(=O)(=O)c1cc(Cl)ccc1N. The summed E-state index contributed by atoms with van der Waals surface area (Å²) in [7, 11) is -3.64. The molecule has 0 aliphatic rings. The number of likely N-dealkylation sites (N-methyl/N-ethyl adjacent to an activating group) is 1. The highest BCUT2D eigenvalue weighted by Crippen LogP contribution is 2.26. The van der Waals surface area contributed by atoms with Crippen LogP contribution in [0.1, 0.15) is 13.8 Å². The lowest BCUT2D eigenvalue weighted by Gasteiger charge is -2.21. The molecule has 0 bridgehead atoms. The van der Waals surface area contributed by atoms with Crippen LogP contribution in [0.25, 0.3) is 0 Å². The van der Waals surface area contributed by atoms with Gasteiger partial charge in [0.1, 0.15) is 4.90 Å². The zero-order valence-corrected chi connectivity index (χ0v) is 12.1. The van der Waals surface area contributed by atoms with Crippen molar-refractivity contribution in [2.75, 3.05) is 18.8 Å². The molecule has 0 amide bonds. The summed E-state index contributed by atoms with van der Waals surface area (Å²) in [5.41, 5.74) is 6.67. The molecule has 1 aromatic carbocycles. The van der Waals surface area contributed by atoms with Gasteiger partial charge < -0.3 is 5.73 Å². The minimum Gasteiger partial charge on any atom is -0.398 e.